The molecule has 5 heteroatoms. The third kappa shape index (κ3) is 3.42. The minimum atomic E-state index is -0.950. The molecule has 1 N–H and O–H groups in total. The van der Waals surface area contributed by atoms with Crippen LogP contribution in [-0.2, 0) is 5.72 Å². The molecule has 2 aliphatic rings. The van der Waals surface area contributed by atoms with Crippen LogP contribution in [0.4, 0.5) is 5.69 Å². The monoisotopic (exact) mass is 464 g/mol. The molecule has 3 nitrogen and oxygen atoms in total. The van der Waals surface area contributed by atoms with E-state index in [9.17, 15) is 5.11 Å². The molecule has 0 aliphatic carbocycles. The Kier molecular flexibility index (Phi) is 5.66. The normalized spacial score (nSPS) is 23.0. The molecule has 2 heterocycles. The van der Waals surface area contributed by atoms with E-state index in [0.717, 1.165) is 35.1 Å². The van der Waals surface area contributed by atoms with Gasteiger partial charge in [0.2, 0.25) is 0 Å². The molecule has 0 radical (unpaired) electrons. The second kappa shape index (κ2) is 7.60. The number of anilines is 1. The van der Waals surface area contributed by atoms with Crippen LogP contribution in [0.15, 0.2) is 59.1 Å². The third-order valence-electron chi connectivity index (χ3n) is 5.10. The number of aliphatic hydroxyl groups is 1. The Hall–Kier alpha value is -1.17. The Morgan fingerprint density at radius 2 is 1.68 bits per heavy atom. The van der Waals surface area contributed by atoms with Gasteiger partial charge in [-0.25, -0.2) is 9.48 Å². The summed E-state index contributed by atoms with van der Waals surface area (Å²) in [4.78, 5) is 2.30. The largest absolute Gasteiger partial charge is 1.00 e. The third-order valence-corrected chi connectivity index (χ3v) is 5.63. The van der Waals surface area contributed by atoms with Crippen molar-refractivity contribution in [2.24, 2.45) is 0 Å². The fourth-order valence-electron chi connectivity index (χ4n) is 3.88. The standard InChI is InChI=1S/C20H22BrN2O.BrH/c21-17-10-12-18(13-11-17)22-15-20(24,16-7-3-1-4-8-16)23-14-6-2-5-9-19(22)23;/h1,3-4,7-8,10-13,24H,2,5-6,9,14-15H2;1H/q+1;/p-1. The van der Waals surface area contributed by atoms with E-state index in [1.807, 2.05) is 30.3 Å². The van der Waals surface area contributed by atoms with Gasteiger partial charge < -0.3 is 22.1 Å². The molecule has 0 amide bonds. The topological polar surface area (TPSA) is 26.5 Å². The summed E-state index contributed by atoms with van der Waals surface area (Å²) in [6.07, 6.45) is 4.56. The molecule has 2 aliphatic heterocycles. The molecule has 0 aromatic heterocycles. The smallest absolute Gasteiger partial charge is 0.271 e. The van der Waals surface area contributed by atoms with E-state index >= 15 is 0 Å². The number of halogens is 2. The fraction of sp³-hybridized carbons (Fsp3) is 0.350. The van der Waals surface area contributed by atoms with Gasteiger partial charge in [0.1, 0.15) is 5.69 Å². The van der Waals surface area contributed by atoms with E-state index < -0.39 is 5.72 Å². The lowest BCUT2D eigenvalue weighted by molar-refractivity contribution is -0.658. The predicted molar refractivity (Wildman–Crippen MR) is 100 cm³/mol. The highest BCUT2D eigenvalue weighted by molar-refractivity contribution is 9.10. The van der Waals surface area contributed by atoms with Crippen molar-refractivity contribution >= 4 is 27.5 Å². The molecule has 4 rings (SSSR count). The van der Waals surface area contributed by atoms with Crippen LogP contribution < -0.4 is 21.9 Å². The number of hydrogen-bond donors (Lipinski definition) is 1. The maximum atomic E-state index is 11.6. The number of β-amino-alcohol motifs (C(OH)–C–C–N with tert-alkyl or cyclic N) is 1. The first-order chi connectivity index (χ1) is 11.7. The van der Waals surface area contributed by atoms with E-state index in [4.69, 9.17) is 0 Å². The van der Waals surface area contributed by atoms with Gasteiger partial charge in [-0.05, 0) is 43.5 Å². The molecule has 2 aromatic rings. The van der Waals surface area contributed by atoms with E-state index in [0.29, 0.717) is 6.54 Å². The Balaban J connectivity index is 0.00000182. The molecule has 2 aromatic carbocycles. The molecule has 0 fully saturated rings. The lowest BCUT2D eigenvalue weighted by atomic mass is 10.0. The van der Waals surface area contributed by atoms with Crippen molar-refractivity contribution in [3.63, 3.8) is 0 Å². The molecule has 25 heavy (non-hydrogen) atoms. The van der Waals surface area contributed by atoms with E-state index in [-0.39, 0.29) is 17.0 Å². The average molecular weight is 466 g/mol. The number of benzene rings is 2. The van der Waals surface area contributed by atoms with Crippen LogP contribution in [0.3, 0.4) is 0 Å². The van der Waals surface area contributed by atoms with Gasteiger partial charge in [0.25, 0.3) is 11.6 Å². The number of rotatable bonds is 2. The van der Waals surface area contributed by atoms with Crippen molar-refractivity contribution in [3.8, 4) is 0 Å². The number of amidine groups is 1. The van der Waals surface area contributed by atoms with Crippen LogP contribution in [0.1, 0.15) is 31.2 Å². The lowest BCUT2D eigenvalue weighted by Crippen LogP contribution is -3.00. The predicted octanol–water partition coefficient (Wildman–Crippen LogP) is 1.10. The van der Waals surface area contributed by atoms with Crippen molar-refractivity contribution in [1.82, 2.24) is 0 Å². The molecule has 0 spiro atoms. The van der Waals surface area contributed by atoms with E-state index in [1.165, 1.54) is 18.7 Å². The van der Waals surface area contributed by atoms with Crippen LogP contribution in [0, 0.1) is 0 Å². The van der Waals surface area contributed by atoms with Gasteiger partial charge in [0.05, 0.1) is 6.54 Å². The van der Waals surface area contributed by atoms with Crippen molar-refractivity contribution in [2.75, 3.05) is 18.0 Å². The van der Waals surface area contributed by atoms with E-state index in [1.54, 1.807) is 0 Å². The van der Waals surface area contributed by atoms with Crippen LogP contribution in [0.2, 0.25) is 0 Å². The molecule has 0 bridgehead atoms. The highest BCUT2D eigenvalue weighted by Gasteiger charge is 2.51. The molecule has 0 saturated heterocycles. The summed E-state index contributed by atoms with van der Waals surface area (Å²) in [6.45, 7) is 1.49. The lowest BCUT2D eigenvalue weighted by Gasteiger charge is -2.23. The maximum absolute atomic E-state index is 11.6. The van der Waals surface area contributed by atoms with Gasteiger partial charge in [0, 0.05) is 16.5 Å². The Bertz CT molecular complexity index is 761. The summed E-state index contributed by atoms with van der Waals surface area (Å²) >= 11 is 3.51. The highest BCUT2D eigenvalue weighted by atomic mass is 79.9. The zero-order chi connectivity index (χ0) is 16.6. The molecular formula is C20H22Br2N2O. The summed E-state index contributed by atoms with van der Waals surface area (Å²) < 4.78 is 3.31. The zero-order valence-corrected chi connectivity index (χ0v) is 17.2. The number of nitrogens with zero attached hydrogens (tertiary/aromatic N) is 2. The first-order valence-corrected chi connectivity index (χ1v) is 9.42. The first-order valence-electron chi connectivity index (χ1n) is 8.63. The second-order valence-electron chi connectivity index (χ2n) is 6.62. The zero-order valence-electron chi connectivity index (χ0n) is 14.0. The quantitative estimate of drug-likeness (QED) is 0.672. The van der Waals surface area contributed by atoms with Gasteiger partial charge in [-0.1, -0.05) is 46.3 Å². The van der Waals surface area contributed by atoms with Crippen molar-refractivity contribution in [3.05, 3.63) is 64.6 Å². The van der Waals surface area contributed by atoms with Gasteiger partial charge in [-0.15, -0.1) is 0 Å². The maximum Gasteiger partial charge on any atom is 0.271 e. The van der Waals surface area contributed by atoms with Crippen LogP contribution >= 0.6 is 15.9 Å². The Morgan fingerprint density at radius 1 is 0.960 bits per heavy atom. The van der Waals surface area contributed by atoms with Gasteiger partial charge in [0.15, 0.2) is 6.54 Å². The van der Waals surface area contributed by atoms with Crippen molar-refractivity contribution < 1.29 is 26.7 Å². The van der Waals surface area contributed by atoms with Crippen LogP contribution in [-0.4, -0.2) is 28.6 Å². The van der Waals surface area contributed by atoms with Crippen LogP contribution in [0.5, 0.6) is 0 Å². The Labute approximate surface area is 167 Å². The first kappa shape index (κ1) is 18.6. The minimum absolute atomic E-state index is 0. The molecule has 1 atom stereocenters. The van der Waals surface area contributed by atoms with Crippen molar-refractivity contribution in [2.45, 2.75) is 31.4 Å². The van der Waals surface area contributed by atoms with Crippen LogP contribution in [0.25, 0.3) is 0 Å². The van der Waals surface area contributed by atoms with Gasteiger partial charge in [-0.3, -0.25) is 0 Å². The Morgan fingerprint density at radius 3 is 2.40 bits per heavy atom. The second-order valence-corrected chi connectivity index (χ2v) is 7.54. The summed E-state index contributed by atoms with van der Waals surface area (Å²) in [7, 11) is 0. The fourth-order valence-corrected chi connectivity index (χ4v) is 4.15. The molecule has 0 saturated carbocycles. The summed E-state index contributed by atoms with van der Waals surface area (Å²) in [5.74, 6) is 1.25. The van der Waals surface area contributed by atoms with E-state index in [2.05, 4.69) is 49.7 Å². The summed E-state index contributed by atoms with van der Waals surface area (Å²) in [6, 6.07) is 18.5. The minimum Gasteiger partial charge on any atom is -1.00 e. The van der Waals surface area contributed by atoms with Gasteiger partial charge in [-0.2, -0.15) is 0 Å². The average Bonchev–Trinajstić information content (AvgIpc) is 2.78. The SMILES string of the molecule is OC1(c2ccccc2)CN(c2ccc(Br)cc2)C2=[N+]1CCCCC2.[Br-]. The summed E-state index contributed by atoms with van der Waals surface area (Å²) in [5, 5.41) is 11.6. The summed E-state index contributed by atoms with van der Waals surface area (Å²) in [5.41, 5.74) is 1.17. The molecule has 1 unspecified atom stereocenters. The number of hydrogen-bond acceptors (Lipinski definition) is 2. The molecular weight excluding hydrogens is 444 g/mol. The van der Waals surface area contributed by atoms with Crippen molar-refractivity contribution in [1.29, 1.82) is 0 Å². The highest BCUT2D eigenvalue weighted by Crippen LogP contribution is 2.35. The molecule has 132 valence electrons. The van der Waals surface area contributed by atoms with Gasteiger partial charge >= 0.3 is 0 Å².